The molecule has 4 heteroatoms. The van der Waals surface area contributed by atoms with Crippen LogP contribution in [0.3, 0.4) is 0 Å². The lowest BCUT2D eigenvalue weighted by Crippen LogP contribution is -2.19. The van der Waals surface area contributed by atoms with Gasteiger partial charge in [0, 0.05) is 34.8 Å². The Morgan fingerprint density at radius 1 is 1.00 bits per heavy atom. The highest BCUT2D eigenvalue weighted by Crippen LogP contribution is 2.45. The molecule has 1 atom stereocenters. The molecular weight excluding hydrogens is 396 g/mol. The maximum atomic E-state index is 10.3. The molecule has 1 aromatic heterocycles. The number of hydrogen-bond acceptors (Lipinski definition) is 3. The summed E-state index contributed by atoms with van der Waals surface area (Å²) in [5.74, 6) is 0.579. The second kappa shape index (κ2) is 8.54. The van der Waals surface area contributed by atoms with E-state index < -0.39 is 0 Å². The summed E-state index contributed by atoms with van der Waals surface area (Å²) in [7, 11) is 0. The van der Waals surface area contributed by atoms with Gasteiger partial charge in [0.15, 0.2) is 0 Å². The lowest BCUT2D eigenvalue weighted by molar-refractivity contribution is 0.446. The first kappa shape index (κ1) is 20.4. The van der Waals surface area contributed by atoms with Crippen molar-refractivity contribution in [1.29, 1.82) is 0 Å². The summed E-state index contributed by atoms with van der Waals surface area (Å²) in [4.78, 5) is 4.79. The van der Waals surface area contributed by atoms with E-state index in [1.807, 2.05) is 48.7 Å². The standard InChI is InChI=1S/C28H28N2O2/c1-2-3-9-21-14-20-15-22(31)10-12-24(20)28-26(18-29-17-19-7-5-4-6-8-19)25-13-11-23(32)16-27(25)30(21)28/h4-8,10-13,15-16,18,21,31-32H,2-3,9,14,17H2,1H3. The van der Waals surface area contributed by atoms with Crippen molar-refractivity contribution in [3.63, 3.8) is 0 Å². The second-order valence-corrected chi connectivity index (χ2v) is 8.63. The third kappa shape index (κ3) is 3.66. The third-order valence-electron chi connectivity index (χ3n) is 6.42. The van der Waals surface area contributed by atoms with Crippen molar-refractivity contribution in [2.24, 2.45) is 4.99 Å². The van der Waals surface area contributed by atoms with E-state index in [1.165, 1.54) is 11.1 Å². The maximum absolute atomic E-state index is 10.3. The fraction of sp³-hybridized carbons (Fsp3) is 0.250. The Balaban J connectivity index is 1.70. The predicted molar refractivity (Wildman–Crippen MR) is 131 cm³/mol. The molecule has 2 N–H and O–H groups in total. The van der Waals surface area contributed by atoms with Crippen LogP contribution in [0, 0.1) is 0 Å². The number of phenolic OH excluding ortho intramolecular Hbond substituents is 2. The van der Waals surface area contributed by atoms with E-state index in [1.54, 1.807) is 12.1 Å². The van der Waals surface area contributed by atoms with Crippen molar-refractivity contribution in [3.05, 3.63) is 83.4 Å². The van der Waals surface area contributed by atoms with E-state index in [-0.39, 0.29) is 11.8 Å². The Kier molecular flexibility index (Phi) is 5.44. The van der Waals surface area contributed by atoms with E-state index in [0.717, 1.165) is 53.4 Å². The van der Waals surface area contributed by atoms with Crippen LogP contribution in [0.15, 0.2) is 71.7 Å². The molecule has 0 saturated carbocycles. The second-order valence-electron chi connectivity index (χ2n) is 8.63. The summed E-state index contributed by atoms with van der Waals surface area (Å²) in [5.41, 5.74) is 6.72. The summed E-state index contributed by atoms with van der Waals surface area (Å²) in [6, 6.07) is 21.8. The van der Waals surface area contributed by atoms with E-state index in [2.05, 4.69) is 23.6 Å². The molecule has 32 heavy (non-hydrogen) atoms. The van der Waals surface area contributed by atoms with Gasteiger partial charge in [0.25, 0.3) is 0 Å². The lowest BCUT2D eigenvalue weighted by atomic mass is 9.90. The molecule has 0 amide bonds. The quantitative estimate of drug-likeness (QED) is 0.342. The molecule has 4 nitrogen and oxygen atoms in total. The van der Waals surface area contributed by atoms with Crippen LogP contribution >= 0.6 is 0 Å². The SMILES string of the molecule is CCCCC1Cc2cc(O)ccc2-c2c(C=NCc3ccccc3)c3ccc(O)cc3n21. The number of aromatic hydroxyl groups is 2. The van der Waals surface area contributed by atoms with Gasteiger partial charge in [-0.2, -0.15) is 0 Å². The van der Waals surface area contributed by atoms with Crippen molar-refractivity contribution in [1.82, 2.24) is 4.57 Å². The maximum Gasteiger partial charge on any atom is 0.117 e. The number of rotatable bonds is 6. The van der Waals surface area contributed by atoms with Gasteiger partial charge in [-0.1, -0.05) is 50.1 Å². The molecular formula is C28H28N2O2. The number of nitrogens with zero attached hydrogens (tertiary/aromatic N) is 2. The van der Waals surface area contributed by atoms with Gasteiger partial charge in [-0.05, 0) is 54.3 Å². The summed E-state index contributed by atoms with van der Waals surface area (Å²) < 4.78 is 2.40. The number of benzene rings is 3. The molecule has 0 aliphatic carbocycles. The van der Waals surface area contributed by atoms with Crippen LogP contribution in [0.5, 0.6) is 11.5 Å². The zero-order chi connectivity index (χ0) is 22.1. The van der Waals surface area contributed by atoms with E-state index in [4.69, 9.17) is 4.99 Å². The zero-order valence-corrected chi connectivity index (χ0v) is 18.3. The van der Waals surface area contributed by atoms with Gasteiger partial charge >= 0.3 is 0 Å². The van der Waals surface area contributed by atoms with Gasteiger partial charge in [0.2, 0.25) is 0 Å². The smallest absolute Gasteiger partial charge is 0.117 e. The predicted octanol–water partition coefficient (Wildman–Crippen LogP) is 6.63. The molecule has 0 radical (unpaired) electrons. The molecule has 1 unspecified atom stereocenters. The van der Waals surface area contributed by atoms with E-state index in [9.17, 15) is 10.2 Å². The van der Waals surface area contributed by atoms with Crippen LogP contribution in [0.1, 0.15) is 48.9 Å². The number of fused-ring (bicyclic) bond motifs is 5. The fourth-order valence-corrected chi connectivity index (χ4v) is 4.93. The molecule has 0 spiro atoms. The molecule has 4 aromatic rings. The summed E-state index contributed by atoms with van der Waals surface area (Å²) in [6.45, 7) is 2.83. The van der Waals surface area contributed by atoms with Gasteiger partial charge in [-0.25, -0.2) is 0 Å². The first-order valence-electron chi connectivity index (χ1n) is 11.4. The summed E-state index contributed by atoms with van der Waals surface area (Å²) >= 11 is 0. The van der Waals surface area contributed by atoms with Crippen LogP contribution < -0.4 is 0 Å². The minimum absolute atomic E-state index is 0.274. The van der Waals surface area contributed by atoms with Gasteiger partial charge in [-0.15, -0.1) is 0 Å². The number of aromatic nitrogens is 1. The first-order valence-corrected chi connectivity index (χ1v) is 11.4. The number of unbranched alkanes of at least 4 members (excludes halogenated alkanes) is 1. The number of aliphatic imine (C=N–C) groups is 1. The van der Waals surface area contributed by atoms with Crippen molar-refractivity contribution < 1.29 is 10.2 Å². The first-order chi connectivity index (χ1) is 15.7. The van der Waals surface area contributed by atoms with Crippen LogP contribution in [0.25, 0.3) is 22.2 Å². The molecule has 0 saturated heterocycles. The molecule has 1 aliphatic heterocycles. The molecule has 5 rings (SSSR count). The Bertz CT molecular complexity index is 1290. The summed E-state index contributed by atoms with van der Waals surface area (Å²) in [5, 5.41) is 21.5. The van der Waals surface area contributed by atoms with Crippen molar-refractivity contribution in [3.8, 4) is 22.8 Å². The van der Waals surface area contributed by atoms with Crippen LogP contribution in [-0.2, 0) is 13.0 Å². The fourth-order valence-electron chi connectivity index (χ4n) is 4.93. The Labute approximate surface area is 188 Å². The Morgan fingerprint density at radius 2 is 1.78 bits per heavy atom. The lowest BCUT2D eigenvalue weighted by Gasteiger charge is -2.30. The molecule has 1 aliphatic rings. The van der Waals surface area contributed by atoms with Crippen molar-refractivity contribution in [2.75, 3.05) is 0 Å². The summed E-state index contributed by atoms with van der Waals surface area (Å²) in [6.07, 6.45) is 6.18. The Morgan fingerprint density at radius 3 is 2.59 bits per heavy atom. The van der Waals surface area contributed by atoms with Gasteiger partial charge < -0.3 is 14.8 Å². The monoisotopic (exact) mass is 424 g/mol. The highest BCUT2D eigenvalue weighted by atomic mass is 16.3. The average molecular weight is 425 g/mol. The van der Waals surface area contributed by atoms with Crippen molar-refractivity contribution >= 4 is 17.1 Å². The van der Waals surface area contributed by atoms with Gasteiger partial charge in [0.05, 0.1) is 17.8 Å². The average Bonchev–Trinajstić information content (AvgIpc) is 3.12. The van der Waals surface area contributed by atoms with Gasteiger partial charge in [-0.3, -0.25) is 4.99 Å². The highest BCUT2D eigenvalue weighted by Gasteiger charge is 2.29. The molecule has 162 valence electrons. The largest absolute Gasteiger partial charge is 0.508 e. The Hall–Kier alpha value is -3.53. The van der Waals surface area contributed by atoms with Crippen LogP contribution in [0.4, 0.5) is 0 Å². The van der Waals surface area contributed by atoms with E-state index >= 15 is 0 Å². The highest BCUT2D eigenvalue weighted by molar-refractivity contribution is 6.07. The van der Waals surface area contributed by atoms with Crippen LogP contribution in [-0.4, -0.2) is 21.0 Å². The molecule has 2 heterocycles. The van der Waals surface area contributed by atoms with Crippen molar-refractivity contribution in [2.45, 2.75) is 45.2 Å². The molecule has 0 fully saturated rings. The van der Waals surface area contributed by atoms with Gasteiger partial charge in [0.1, 0.15) is 11.5 Å². The normalized spacial score (nSPS) is 15.2. The zero-order valence-electron chi connectivity index (χ0n) is 18.3. The number of phenols is 2. The minimum atomic E-state index is 0.274. The van der Waals surface area contributed by atoms with Crippen LogP contribution in [0.2, 0.25) is 0 Å². The molecule has 0 bridgehead atoms. The van der Waals surface area contributed by atoms with E-state index in [0.29, 0.717) is 12.3 Å². The molecule has 3 aromatic carbocycles. The number of hydrogen-bond donors (Lipinski definition) is 2. The third-order valence-corrected chi connectivity index (χ3v) is 6.42. The minimum Gasteiger partial charge on any atom is -0.508 e. The topological polar surface area (TPSA) is 57.8 Å².